The summed E-state index contributed by atoms with van der Waals surface area (Å²) in [5, 5.41) is 4.63. The van der Waals surface area contributed by atoms with Crippen molar-refractivity contribution in [1.82, 2.24) is 9.78 Å². The van der Waals surface area contributed by atoms with Gasteiger partial charge in [-0.3, -0.25) is 0 Å². The number of hydrogen-bond donors (Lipinski definition) is 1. The molecule has 4 nitrogen and oxygen atoms in total. The number of rotatable bonds is 3. The van der Waals surface area contributed by atoms with Gasteiger partial charge in [-0.05, 0) is 44.4 Å². The molecule has 2 aliphatic rings. The summed E-state index contributed by atoms with van der Waals surface area (Å²) in [7, 11) is 0. The largest absolute Gasteiger partial charge is 0.394 e. The third-order valence-electron chi connectivity index (χ3n) is 5.62. The average Bonchev–Trinajstić information content (AvgIpc) is 2.77. The first kappa shape index (κ1) is 14.7. The second-order valence-electron chi connectivity index (χ2n) is 7.09. The van der Waals surface area contributed by atoms with E-state index in [1.54, 1.807) is 0 Å². The molecule has 1 aromatic heterocycles. The maximum absolute atomic E-state index is 6.31. The predicted molar refractivity (Wildman–Crippen MR) is 88.6 cm³/mol. The minimum absolute atomic E-state index is 0.647. The molecule has 2 N–H and O–H groups in total. The molecule has 1 saturated carbocycles. The normalized spacial score (nSPS) is 21.9. The summed E-state index contributed by atoms with van der Waals surface area (Å²) in [6, 6.07) is 0. The van der Waals surface area contributed by atoms with Crippen molar-refractivity contribution < 1.29 is 0 Å². The number of nitrogen functional groups attached to an aromatic ring is 1. The van der Waals surface area contributed by atoms with E-state index in [1.165, 1.54) is 50.8 Å². The van der Waals surface area contributed by atoms with E-state index in [0.29, 0.717) is 5.41 Å². The third-order valence-corrected chi connectivity index (χ3v) is 5.62. The zero-order chi connectivity index (χ0) is 14.9. The van der Waals surface area contributed by atoms with Gasteiger partial charge in [0.15, 0.2) is 5.82 Å². The number of aromatic nitrogens is 2. The lowest BCUT2D eigenvalue weighted by Gasteiger charge is -2.45. The van der Waals surface area contributed by atoms with Gasteiger partial charge in [0.2, 0.25) is 0 Å². The van der Waals surface area contributed by atoms with Crippen LogP contribution in [0.4, 0.5) is 11.5 Å². The molecule has 0 bridgehead atoms. The van der Waals surface area contributed by atoms with Gasteiger partial charge in [-0.15, -0.1) is 0 Å². The molecule has 118 valence electrons. The van der Waals surface area contributed by atoms with Crippen molar-refractivity contribution in [3.8, 4) is 0 Å². The molecule has 2 heterocycles. The van der Waals surface area contributed by atoms with Crippen LogP contribution >= 0.6 is 0 Å². The van der Waals surface area contributed by atoms with E-state index in [0.717, 1.165) is 37.4 Å². The summed E-state index contributed by atoms with van der Waals surface area (Å²) in [6.45, 7) is 7.49. The van der Waals surface area contributed by atoms with Crippen LogP contribution in [0.15, 0.2) is 0 Å². The highest BCUT2D eigenvalue weighted by molar-refractivity contribution is 5.66. The maximum Gasteiger partial charge on any atom is 0.150 e. The molecule has 1 aromatic rings. The lowest BCUT2D eigenvalue weighted by molar-refractivity contribution is 0.143. The Hall–Kier alpha value is -1.19. The Morgan fingerprint density at radius 1 is 1.10 bits per heavy atom. The highest BCUT2D eigenvalue weighted by atomic mass is 15.4. The molecule has 2 fully saturated rings. The summed E-state index contributed by atoms with van der Waals surface area (Å²) < 4.78 is 2.13. The first-order valence-corrected chi connectivity index (χ1v) is 8.73. The zero-order valence-corrected chi connectivity index (χ0v) is 13.7. The van der Waals surface area contributed by atoms with Crippen molar-refractivity contribution in [3.05, 3.63) is 5.69 Å². The molecule has 1 aliphatic carbocycles. The number of anilines is 2. The highest BCUT2D eigenvalue weighted by Crippen LogP contribution is 2.45. The lowest BCUT2D eigenvalue weighted by Crippen LogP contribution is -2.42. The topological polar surface area (TPSA) is 47.1 Å². The van der Waals surface area contributed by atoms with Gasteiger partial charge in [0.1, 0.15) is 0 Å². The standard InChI is InChI=1S/C17H30N4/c1-3-11-21-16(15(18)14(2)19-21)20-12-9-17(10-13-20)7-5-4-6-8-17/h3-13,18H2,1-2H3. The first-order valence-electron chi connectivity index (χ1n) is 8.73. The summed E-state index contributed by atoms with van der Waals surface area (Å²) in [5.41, 5.74) is 8.83. The number of hydrogen-bond acceptors (Lipinski definition) is 3. The van der Waals surface area contributed by atoms with Crippen molar-refractivity contribution in [2.24, 2.45) is 5.41 Å². The second kappa shape index (κ2) is 5.90. The minimum atomic E-state index is 0.647. The van der Waals surface area contributed by atoms with Crippen LogP contribution in [0, 0.1) is 12.3 Å². The number of piperidine rings is 1. The smallest absolute Gasteiger partial charge is 0.150 e. The van der Waals surface area contributed by atoms with Crippen molar-refractivity contribution in [3.63, 3.8) is 0 Å². The van der Waals surface area contributed by atoms with Crippen LogP contribution in [0.3, 0.4) is 0 Å². The van der Waals surface area contributed by atoms with E-state index in [9.17, 15) is 0 Å². The fourth-order valence-corrected chi connectivity index (χ4v) is 4.28. The van der Waals surface area contributed by atoms with Gasteiger partial charge in [-0.2, -0.15) is 5.10 Å². The Bertz CT molecular complexity index is 475. The van der Waals surface area contributed by atoms with Crippen LogP contribution in [0.25, 0.3) is 0 Å². The Kier molecular flexibility index (Phi) is 4.14. The van der Waals surface area contributed by atoms with Gasteiger partial charge in [0.05, 0.1) is 11.4 Å². The molecule has 0 atom stereocenters. The molecule has 3 rings (SSSR count). The molecule has 0 amide bonds. The van der Waals surface area contributed by atoms with Crippen LogP contribution in [0.5, 0.6) is 0 Å². The second-order valence-corrected chi connectivity index (χ2v) is 7.09. The maximum atomic E-state index is 6.31. The minimum Gasteiger partial charge on any atom is -0.394 e. The summed E-state index contributed by atoms with van der Waals surface area (Å²) in [4.78, 5) is 2.49. The molecule has 0 aromatic carbocycles. The Balaban J connectivity index is 1.74. The third kappa shape index (κ3) is 2.77. The Morgan fingerprint density at radius 3 is 2.38 bits per heavy atom. The molecule has 4 heteroatoms. The Morgan fingerprint density at radius 2 is 1.76 bits per heavy atom. The zero-order valence-electron chi connectivity index (χ0n) is 13.7. The van der Waals surface area contributed by atoms with Crippen molar-refractivity contribution >= 4 is 11.5 Å². The summed E-state index contributed by atoms with van der Waals surface area (Å²) in [5.74, 6) is 1.18. The van der Waals surface area contributed by atoms with E-state index in [2.05, 4.69) is 21.6 Å². The molecule has 0 unspecified atom stereocenters. The van der Waals surface area contributed by atoms with Gasteiger partial charge in [0, 0.05) is 19.6 Å². The van der Waals surface area contributed by atoms with Gasteiger partial charge in [-0.1, -0.05) is 26.2 Å². The van der Waals surface area contributed by atoms with Gasteiger partial charge >= 0.3 is 0 Å². The van der Waals surface area contributed by atoms with Crippen LogP contribution in [-0.2, 0) is 6.54 Å². The van der Waals surface area contributed by atoms with Crippen molar-refractivity contribution in [1.29, 1.82) is 0 Å². The fraction of sp³-hybridized carbons (Fsp3) is 0.824. The highest BCUT2D eigenvalue weighted by Gasteiger charge is 2.36. The first-order chi connectivity index (χ1) is 10.2. The van der Waals surface area contributed by atoms with Crippen LogP contribution in [0.1, 0.15) is 64.0 Å². The van der Waals surface area contributed by atoms with E-state index in [1.807, 2.05) is 6.92 Å². The SMILES string of the molecule is CCCn1nc(C)c(N)c1N1CCC2(CCCCC2)CC1. The van der Waals surface area contributed by atoms with Crippen LogP contribution in [-0.4, -0.2) is 22.9 Å². The van der Waals surface area contributed by atoms with Gasteiger partial charge < -0.3 is 10.6 Å². The average molecular weight is 290 g/mol. The molecule has 1 saturated heterocycles. The predicted octanol–water partition coefficient (Wildman–Crippen LogP) is 3.73. The van der Waals surface area contributed by atoms with Gasteiger partial charge in [0.25, 0.3) is 0 Å². The quantitative estimate of drug-likeness (QED) is 0.922. The number of nitrogens with two attached hydrogens (primary N) is 1. The van der Waals surface area contributed by atoms with Crippen LogP contribution < -0.4 is 10.6 Å². The Labute approximate surface area is 128 Å². The fourth-order valence-electron chi connectivity index (χ4n) is 4.28. The van der Waals surface area contributed by atoms with E-state index in [-0.39, 0.29) is 0 Å². The number of aryl methyl sites for hydroxylation is 2. The van der Waals surface area contributed by atoms with Gasteiger partial charge in [-0.25, -0.2) is 4.68 Å². The summed E-state index contributed by atoms with van der Waals surface area (Å²) in [6.07, 6.45) is 11.0. The molecule has 0 radical (unpaired) electrons. The molecule has 21 heavy (non-hydrogen) atoms. The van der Waals surface area contributed by atoms with E-state index >= 15 is 0 Å². The lowest BCUT2D eigenvalue weighted by atomic mass is 9.68. The van der Waals surface area contributed by atoms with Crippen molar-refractivity contribution in [2.75, 3.05) is 23.7 Å². The molecule has 1 aliphatic heterocycles. The van der Waals surface area contributed by atoms with Crippen LogP contribution in [0.2, 0.25) is 0 Å². The molecule has 1 spiro atoms. The summed E-state index contributed by atoms with van der Waals surface area (Å²) >= 11 is 0. The number of nitrogens with zero attached hydrogens (tertiary/aromatic N) is 3. The molecular weight excluding hydrogens is 260 g/mol. The van der Waals surface area contributed by atoms with Crippen molar-refractivity contribution in [2.45, 2.75) is 71.8 Å². The van der Waals surface area contributed by atoms with E-state index < -0.39 is 0 Å². The van der Waals surface area contributed by atoms with E-state index in [4.69, 9.17) is 5.73 Å². The molecular formula is C17H30N4. The monoisotopic (exact) mass is 290 g/mol.